The van der Waals surface area contributed by atoms with Crippen molar-refractivity contribution in [1.29, 1.82) is 0 Å². The minimum Gasteiger partial charge on any atom is -0.465 e. The maximum atomic E-state index is 13.4. The topological polar surface area (TPSA) is 69.7 Å². The van der Waals surface area contributed by atoms with E-state index in [9.17, 15) is 18.8 Å². The van der Waals surface area contributed by atoms with Crippen LogP contribution in [-0.4, -0.2) is 30.9 Å². The van der Waals surface area contributed by atoms with Crippen molar-refractivity contribution in [3.05, 3.63) is 35.6 Å². The summed E-state index contributed by atoms with van der Waals surface area (Å²) in [7, 11) is 0. The first-order chi connectivity index (χ1) is 12.7. The first-order valence-corrected chi connectivity index (χ1v) is 9.31. The number of carbonyl (C=O) groups is 3. The van der Waals surface area contributed by atoms with Crippen LogP contribution in [0, 0.1) is 17.7 Å². The van der Waals surface area contributed by atoms with Crippen LogP contribution in [0.1, 0.15) is 53.0 Å². The highest BCUT2D eigenvalue weighted by molar-refractivity contribution is 6.18. The van der Waals surface area contributed by atoms with Crippen molar-refractivity contribution in [1.82, 2.24) is 0 Å². The standard InChI is InChI=1S/C21H29FO5/c1-6-26-19(24)17(20(25)27-7-2)18(23)21(5,13-12-14(3)4)15-8-10-16(22)11-9-15/h8-11,14,17H,6-7,12-13H2,1-5H3. The van der Waals surface area contributed by atoms with Crippen molar-refractivity contribution >= 4 is 17.7 Å². The largest absolute Gasteiger partial charge is 0.465 e. The lowest BCUT2D eigenvalue weighted by atomic mass is 9.70. The number of carbonyl (C=O) groups excluding carboxylic acids is 3. The van der Waals surface area contributed by atoms with Gasteiger partial charge in [-0.15, -0.1) is 0 Å². The van der Waals surface area contributed by atoms with Crippen LogP contribution in [0.3, 0.4) is 0 Å². The SMILES string of the molecule is CCOC(=O)C(C(=O)OCC)C(=O)C(C)(CCC(C)C)c1ccc(F)cc1. The van der Waals surface area contributed by atoms with Gasteiger partial charge in [0, 0.05) is 0 Å². The van der Waals surface area contributed by atoms with Crippen molar-refractivity contribution in [2.75, 3.05) is 13.2 Å². The number of Topliss-reactive ketones (excluding diaryl/α,β-unsaturated/α-hetero) is 1. The summed E-state index contributed by atoms with van der Waals surface area (Å²) < 4.78 is 23.3. The Labute approximate surface area is 160 Å². The fraction of sp³-hybridized carbons (Fsp3) is 0.571. The van der Waals surface area contributed by atoms with E-state index in [1.165, 1.54) is 24.3 Å². The number of halogens is 1. The highest BCUT2D eigenvalue weighted by Gasteiger charge is 2.47. The Morgan fingerprint density at radius 1 is 1.00 bits per heavy atom. The Kier molecular flexibility index (Phi) is 8.60. The van der Waals surface area contributed by atoms with E-state index in [2.05, 4.69) is 0 Å². The van der Waals surface area contributed by atoms with Gasteiger partial charge < -0.3 is 9.47 Å². The van der Waals surface area contributed by atoms with Crippen LogP contribution in [0.15, 0.2) is 24.3 Å². The average molecular weight is 380 g/mol. The molecule has 1 unspecified atom stereocenters. The normalized spacial score (nSPS) is 13.3. The van der Waals surface area contributed by atoms with E-state index in [1.807, 2.05) is 13.8 Å². The second-order valence-corrected chi connectivity index (χ2v) is 7.07. The summed E-state index contributed by atoms with van der Waals surface area (Å²) in [6, 6.07) is 5.56. The third kappa shape index (κ3) is 5.88. The van der Waals surface area contributed by atoms with Crippen LogP contribution >= 0.6 is 0 Å². The van der Waals surface area contributed by atoms with E-state index in [1.54, 1.807) is 20.8 Å². The number of esters is 2. The van der Waals surface area contributed by atoms with Crippen molar-refractivity contribution in [2.24, 2.45) is 11.8 Å². The first kappa shape index (κ1) is 22.8. The van der Waals surface area contributed by atoms with Gasteiger partial charge in [0.1, 0.15) is 5.82 Å². The van der Waals surface area contributed by atoms with E-state index in [0.29, 0.717) is 24.3 Å². The van der Waals surface area contributed by atoms with Crippen LogP contribution in [0.5, 0.6) is 0 Å². The highest BCUT2D eigenvalue weighted by Crippen LogP contribution is 2.35. The van der Waals surface area contributed by atoms with Gasteiger partial charge in [-0.1, -0.05) is 26.0 Å². The van der Waals surface area contributed by atoms with E-state index in [-0.39, 0.29) is 13.2 Å². The van der Waals surface area contributed by atoms with Gasteiger partial charge in [0.15, 0.2) is 5.78 Å². The minimum atomic E-state index is -1.66. The van der Waals surface area contributed by atoms with E-state index < -0.39 is 34.9 Å². The van der Waals surface area contributed by atoms with Gasteiger partial charge in [-0.2, -0.15) is 0 Å². The summed E-state index contributed by atoms with van der Waals surface area (Å²) in [5.74, 6) is -4.21. The third-order valence-electron chi connectivity index (χ3n) is 4.55. The molecule has 0 fully saturated rings. The molecule has 0 N–H and O–H groups in total. The van der Waals surface area contributed by atoms with Crippen molar-refractivity contribution in [3.63, 3.8) is 0 Å². The zero-order valence-electron chi connectivity index (χ0n) is 16.7. The molecule has 0 radical (unpaired) electrons. The molecule has 27 heavy (non-hydrogen) atoms. The molecule has 1 aromatic rings. The molecule has 0 heterocycles. The Hall–Kier alpha value is -2.24. The first-order valence-electron chi connectivity index (χ1n) is 9.31. The number of hydrogen-bond acceptors (Lipinski definition) is 5. The molecule has 0 aliphatic heterocycles. The van der Waals surface area contributed by atoms with Gasteiger partial charge in [0.05, 0.1) is 18.6 Å². The average Bonchev–Trinajstić information content (AvgIpc) is 2.60. The molecule has 0 aromatic heterocycles. The number of ether oxygens (including phenoxy) is 2. The summed E-state index contributed by atoms with van der Waals surface area (Å²) in [4.78, 5) is 38.1. The lowest BCUT2D eigenvalue weighted by Crippen LogP contribution is -2.45. The molecule has 0 aliphatic rings. The number of rotatable bonds is 10. The molecule has 0 saturated carbocycles. The fourth-order valence-corrected chi connectivity index (χ4v) is 2.88. The minimum absolute atomic E-state index is 0.0429. The summed E-state index contributed by atoms with van der Waals surface area (Å²) >= 11 is 0. The molecule has 1 atom stereocenters. The molecular weight excluding hydrogens is 351 g/mol. The second-order valence-electron chi connectivity index (χ2n) is 7.07. The maximum Gasteiger partial charge on any atom is 0.328 e. The zero-order valence-corrected chi connectivity index (χ0v) is 16.7. The molecule has 1 rings (SSSR count). The molecule has 0 aliphatic carbocycles. The number of hydrogen-bond donors (Lipinski definition) is 0. The molecule has 0 amide bonds. The van der Waals surface area contributed by atoms with Crippen LogP contribution in [-0.2, 0) is 29.3 Å². The molecule has 0 saturated heterocycles. The predicted octanol–water partition coefficient (Wildman–Crippen LogP) is 3.83. The monoisotopic (exact) mass is 380 g/mol. The number of benzene rings is 1. The summed E-state index contributed by atoms with van der Waals surface area (Å²) in [6.45, 7) is 9.00. The number of ketones is 1. The second kappa shape index (κ2) is 10.2. The van der Waals surface area contributed by atoms with Gasteiger partial charge >= 0.3 is 11.9 Å². The van der Waals surface area contributed by atoms with Crippen LogP contribution in [0.2, 0.25) is 0 Å². The van der Waals surface area contributed by atoms with Gasteiger partial charge in [0.2, 0.25) is 5.92 Å². The summed E-state index contributed by atoms with van der Waals surface area (Å²) in [6.07, 6.45) is 1.10. The zero-order chi connectivity index (χ0) is 20.6. The van der Waals surface area contributed by atoms with Crippen LogP contribution in [0.4, 0.5) is 4.39 Å². The smallest absolute Gasteiger partial charge is 0.328 e. The Balaban J connectivity index is 3.37. The highest BCUT2D eigenvalue weighted by atomic mass is 19.1. The Morgan fingerprint density at radius 2 is 1.48 bits per heavy atom. The lowest BCUT2D eigenvalue weighted by molar-refractivity contribution is -0.165. The van der Waals surface area contributed by atoms with Gasteiger partial charge in [-0.3, -0.25) is 14.4 Å². The fourth-order valence-electron chi connectivity index (χ4n) is 2.88. The quantitative estimate of drug-likeness (QED) is 0.456. The Bertz CT molecular complexity index is 635. The lowest BCUT2D eigenvalue weighted by Gasteiger charge is -2.32. The van der Waals surface area contributed by atoms with E-state index in [0.717, 1.165) is 0 Å². The van der Waals surface area contributed by atoms with Gasteiger partial charge in [-0.25, -0.2) is 4.39 Å². The maximum absolute atomic E-state index is 13.4. The molecule has 6 heteroatoms. The molecule has 0 bridgehead atoms. The van der Waals surface area contributed by atoms with Crippen molar-refractivity contribution < 1.29 is 28.2 Å². The molecule has 1 aromatic carbocycles. The summed E-state index contributed by atoms with van der Waals surface area (Å²) in [5, 5.41) is 0. The van der Waals surface area contributed by atoms with Gasteiger partial charge in [0.25, 0.3) is 0 Å². The van der Waals surface area contributed by atoms with Crippen LogP contribution < -0.4 is 0 Å². The molecular formula is C21H29FO5. The van der Waals surface area contributed by atoms with E-state index >= 15 is 0 Å². The third-order valence-corrected chi connectivity index (χ3v) is 4.55. The van der Waals surface area contributed by atoms with Crippen molar-refractivity contribution in [2.45, 2.75) is 52.9 Å². The van der Waals surface area contributed by atoms with E-state index in [4.69, 9.17) is 9.47 Å². The summed E-state index contributed by atoms with van der Waals surface area (Å²) in [5.41, 5.74) is -0.601. The molecule has 5 nitrogen and oxygen atoms in total. The van der Waals surface area contributed by atoms with Gasteiger partial charge in [-0.05, 0) is 57.2 Å². The molecule has 0 spiro atoms. The Morgan fingerprint density at radius 3 is 1.89 bits per heavy atom. The predicted molar refractivity (Wildman–Crippen MR) is 99.6 cm³/mol. The molecule has 150 valence electrons. The van der Waals surface area contributed by atoms with Crippen molar-refractivity contribution in [3.8, 4) is 0 Å². The van der Waals surface area contributed by atoms with Crippen LogP contribution in [0.25, 0.3) is 0 Å².